The van der Waals surface area contributed by atoms with Gasteiger partial charge in [-0.15, -0.1) is 0 Å². The van der Waals surface area contributed by atoms with Gasteiger partial charge < -0.3 is 0 Å². The Labute approximate surface area is 144 Å². The Bertz CT molecular complexity index is 712. The largest absolute Gasteiger partial charge is 0.273 e. The average molecular weight is 317 g/mol. The van der Waals surface area contributed by atoms with Crippen molar-refractivity contribution < 1.29 is 4.57 Å². The summed E-state index contributed by atoms with van der Waals surface area (Å²) in [4.78, 5) is 0. The molecule has 2 nitrogen and oxygen atoms in total. The van der Waals surface area contributed by atoms with Crippen LogP contribution in [0.15, 0.2) is 85.2 Å². The highest BCUT2D eigenvalue weighted by molar-refractivity contribution is 5.32. The predicted molar refractivity (Wildman–Crippen MR) is 98.6 cm³/mol. The molecule has 0 fully saturated rings. The van der Waals surface area contributed by atoms with E-state index in [2.05, 4.69) is 83.6 Å². The normalized spacial score (nSPS) is 12.3. The van der Waals surface area contributed by atoms with Crippen LogP contribution in [0.25, 0.3) is 0 Å². The standard InChI is InChI=1S/C22H25N2/c1-18(23)24-16-8-9-19(17-24)14-15-22(20-10-4-2-5-11-20)21-12-6-3-7-13-21/h2-13,16-18,22H,14-15,23H2,1H3/q+1. The number of hydrogen-bond donors (Lipinski definition) is 1. The SMILES string of the molecule is CC(N)[n+]1cccc(CCC(c2ccccc2)c2ccccc2)c1. The van der Waals surface area contributed by atoms with E-state index in [0.717, 1.165) is 12.8 Å². The van der Waals surface area contributed by atoms with Gasteiger partial charge in [0.15, 0.2) is 12.4 Å². The maximum absolute atomic E-state index is 5.98. The minimum atomic E-state index is 0.00370. The molecule has 0 aliphatic rings. The molecule has 0 saturated heterocycles. The minimum absolute atomic E-state index is 0.00370. The van der Waals surface area contributed by atoms with Crippen molar-refractivity contribution in [3.05, 3.63) is 102 Å². The average Bonchev–Trinajstić information content (AvgIpc) is 2.64. The van der Waals surface area contributed by atoms with Crippen LogP contribution in [0, 0.1) is 0 Å². The van der Waals surface area contributed by atoms with Gasteiger partial charge in [0.2, 0.25) is 6.17 Å². The molecule has 0 spiro atoms. The Balaban J connectivity index is 1.82. The molecule has 122 valence electrons. The van der Waals surface area contributed by atoms with Gasteiger partial charge in [0, 0.05) is 24.5 Å². The van der Waals surface area contributed by atoms with Gasteiger partial charge in [0.05, 0.1) is 0 Å². The van der Waals surface area contributed by atoms with Crippen LogP contribution in [0.4, 0.5) is 0 Å². The van der Waals surface area contributed by atoms with Crippen molar-refractivity contribution >= 4 is 0 Å². The fraction of sp³-hybridized carbons (Fsp3) is 0.227. The fourth-order valence-corrected chi connectivity index (χ4v) is 3.15. The lowest BCUT2D eigenvalue weighted by atomic mass is 9.86. The third kappa shape index (κ3) is 4.09. The molecule has 0 bridgehead atoms. The zero-order valence-corrected chi connectivity index (χ0v) is 14.2. The summed E-state index contributed by atoms with van der Waals surface area (Å²) >= 11 is 0. The van der Waals surface area contributed by atoms with Gasteiger partial charge >= 0.3 is 0 Å². The number of nitrogens with zero attached hydrogens (tertiary/aromatic N) is 1. The van der Waals surface area contributed by atoms with E-state index in [1.165, 1.54) is 16.7 Å². The van der Waals surface area contributed by atoms with E-state index in [-0.39, 0.29) is 6.17 Å². The van der Waals surface area contributed by atoms with Crippen molar-refractivity contribution in [1.29, 1.82) is 0 Å². The molecule has 3 rings (SSSR count). The first-order chi connectivity index (χ1) is 11.7. The van der Waals surface area contributed by atoms with Crippen LogP contribution >= 0.6 is 0 Å². The second-order valence-corrected chi connectivity index (χ2v) is 6.31. The summed E-state index contributed by atoms with van der Waals surface area (Å²) in [6, 6.07) is 25.8. The molecular formula is C22H25N2+. The third-order valence-electron chi connectivity index (χ3n) is 4.48. The predicted octanol–water partition coefficient (Wildman–Crippen LogP) is 4.22. The molecule has 2 aromatic carbocycles. The van der Waals surface area contributed by atoms with Crippen LogP contribution in [-0.2, 0) is 6.42 Å². The van der Waals surface area contributed by atoms with Gasteiger partial charge in [-0.25, -0.2) is 0 Å². The third-order valence-corrected chi connectivity index (χ3v) is 4.48. The number of nitrogens with two attached hydrogens (primary N) is 1. The zero-order chi connectivity index (χ0) is 16.8. The second-order valence-electron chi connectivity index (χ2n) is 6.31. The number of aromatic nitrogens is 1. The van der Waals surface area contributed by atoms with Gasteiger partial charge in [0.25, 0.3) is 0 Å². The summed E-state index contributed by atoms with van der Waals surface area (Å²) < 4.78 is 2.06. The Morgan fingerprint density at radius 2 is 1.42 bits per heavy atom. The number of pyridine rings is 1. The van der Waals surface area contributed by atoms with Crippen molar-refractivity contribution in [2.75, 3.05) is 0 Å². The van der Waals surface area contributed by atoms with Gasteiger partial charge in [-0.2, -0.15) is 4.57 Å². The summed E-state index contributed by atoms with van der Waals surface area (Å²) in [7, 11) is 0. The molecule has 3 aromatic rings. The maximum atomic E-state index is 5.98. The maximum Gasteiger partial charge on any atom is 0.206 e. The Hall–Kier alpha value is -2.45. The van der Waals surface area contributed by atoms with E-state index in [9.17, 15) is 0 Å². The zero-order valence-electron chi connectivity index (χ0n) is 14.2. The highest BCUT2D eigenvalue weighted by Gasteiger charge is 2.15. The molecule has 2 N–H and O–H groups in total. The molecule has 0 aliphatic heterocycles. The smallest absolute Gasteiger partial charge is 0.206 e. The van der Waals surface area contributed by atoms with Crippen molar-refractivity contribution in [2.24, 2.45) is 5.73 Å². The lowest BCUT2D eigenvalue weighted by Gasteiger charge is -2.18. The monoisotopic (exact) mass is 317 g/mol. The van der Waals surface area contributed by atoms with E-state index in [1.807, 2.05) is 13.1 Å². The van der Waals surface area contributed by atoms with Crippen LogP contribution in [0.2, 0.25) is 0 Å². The molecule has 1 atom stereocenters. The van der Waals surface area contributed by atoms with Gasteiger partial charge in [-0.3, -0.25) is 5.73 Å². The number of hydrogen-bond acceptors (Lipinski definition) is 1. The molecule has 0 amide bonds. The van der Waals surface area contributed by atoms with Gasteiger partial charge in [-0.1, -0.05) is 60.7 Å². The lowest BCUT2D eigenvalue weighted by molar-refractivity contribution is -0.719. The van der Waals surface area contributed by atoms with Crippen LogP contribution in [0.3, 0.4) is 0 Å². The number of rotatable bonds is 6. The highest BCUT2D eigenvalue weighted by atomic mass is 15.1. The molecule has 0 aliphatic carbocycles. The topological polar surface area (TPSA) is 29.9 Å². The van der Waals surface area contributed by atoms with E-state index < -0.39 is 0 Å². The Kier molecular flexibility index (Phi) is 5.39. The van der Waals surface area contributed by atoms with Gasteiger partial charge in [0.1, 0.15) is 0 Å². The first kappa shape index (κ1) is 16.4. The molecule has 2 heteroatoms. The Morgan fingerprint density at radius 3 is 1.96 bits per heavy atom. The van der Waals surface area contributed by atoms with Crippen LogP contribution in [0.1, 0.15) is 42.1 Å². The van der Waals surface area contributed by atoms with Crippen LogP contribution in [-0.4, -0.2) is 0 Å². The van der Waals surface area contributed by atoms with Gasteiger partial charge in [-0.05, 0) is 30.0 Å². The first-order valence-electron chi connectivity index (χ1n) is 8.59. The van der Waals surface area contributed by atoms with E-state index in [0.29, 0.717) is 5.92 Å². The van der Waals surface area contributed by atoms with Crippen LogP contribution in [0.5, 0.6) is 0 Å². The summed E-state index contributed by atoms with van der Waals surface area (Å²) in [5.41, 5.74) is 10.1. The van der Waals surface area contributed by atoms with Crippen LogP contribution < -0.4 is 10.3 Å². The van der Waals surface area contributed by atoms with E-state index in [1.54, 1.807) is 0 Å². The summed E-state index contributed by atoms with van der Waals surface area (Å²) in [6.45, 7) is 2.00. The number of benzene rings is 2. The van der Waals surface area contributed by atoms with Crippen molar-refractivity contribution in [2.45, 2.75) is 31.8 Å². The molecule has 0 saturated carbocycles. The first-order valence-corrected chi connectivity index (χ1v) is 8.59. The second kappa shape index (κ2) is 7.89. The Morgan fingerprint density at radius 1 is 0.833 bits per heavy atom. The van der Waals surface area contributed by atoms with Crippen molar-refractivity contribution in [3.8, 4) is 0 Å². The molecule has 1 unspecified atom stereocenters. The molecular weight excluding hydrogens is 292 g/mol. The molecule has 1 heterocycles. The van der Waals surface area contributed by atoms with Crippen molar-refractivity contribution in [3.63, 3.8) is 0 Å². The lowest BCUT2D eigenvalue weighted by Crippen LogP contribution is -2.42. The number of aryl methyl sites for hydroxylation is 1. The molecule has 24 heavy (non-hydrogen) atoms. The molecule has 0 radical (unpaired) electrons. The fourth-order valence-electron chi connectivity index (χ4n) is 3.15. The summed E-state index contributed by atoms with van der Waals surface area (Å²) in [5, 5.41) is 0. The van der Waals surface area contributed by atoms with E-state index >= 15 is 0 Å². The van der Waals surface area contributed by atoms with Crippen molar-refractivity contribution in [1.82, 2.24) is 0 Å². The summed E-state index contributed by atoms with van der Waals surface area (Å²) in [6.07, 6.45) is 6.31. The van der Waals surface area contributed by atoms with E-state index in [4.69, 9.17) is 5.73 Å². The molecule has 1 aromatic heterocycles. The quantitative estimate of drug-likeness (QED) is 0.678. The summed E-state index contributed by atoms with van der Waals surface area (Å²) in [5.74, 6) is 0.413. The highest BCUT2D eigenvalue weighted by Crippen LogP contribution is 2.29. The minimum Gasteiger partial charge on any atom is -0.273 e.